The number of fused-ring (bicyclic) bond motifs is 1. The monoisotopic (exact) mass is 597 g/mol. The third-order valence-corrected chi connectivity index (χ3v) is 10.3. The Bertz CT molecular complexity index is 1500. The molecule has 0 spiro atoms. The minimum absolute atomic E-state index is 0.0942. The maximum atomic E-state index is 14.5. The highest BCUT2D eigenvalue weighted by Crippen LogP contribution is 2.51. The lowest BCUT2D eigenvalue weighted by Gasteiger charge is -2.37. The zero-order chi connectivity index (χ0) is 31.4. The molecule has 0 bridgehead atoms. The van der Waals surface area contributed by atoms with E-state index in [0.717, 1.165) is 19.3 Å². The van der Waals surface area contributed by atoms with Gasteiger partial charge in [-0.25, -0.2) is 0 Å². The topological polar surface area (TPSA) is 32.9 Å². The van der Waals surface area contributed by atoms with Gasteiger partial charge in [0, 0.05) is 17.8 Å². The van der Waals surface area contributed by atoms with Crippen molar-refractivity contribution >= 4 is 5.78 Å². The van der Waals surface area contributed by atoms with E-state index < -0.39 is 0 Å². The Kier molecular flexibility index (Phi) is 11.9. The van der Waals surface area contributed by atoms with Crippen LogP contribution >= 0.6 is 0 Å². The molecule has 4 aliphatic carbocycles. The van der Waals surface area contributed by atoms with Crippen LogP contribution in [0.2, 0.25) is 0 Å². The molecule has 1 saturated carbocycles. The fourth-order valence-electron chi connectivity index (χ4n) is 7.85. The van der Waals surface area contributed by atoms with Gasteiger partial charge < -0.3 is 4.98 Å². The number of aromatic nitrogens is 1. The van der Waals surface area contributed by atoms with Gasteiger partial charge in [0.25, 0.3) is 0 Å². The first kappa shape index (κ1) is 32.5. The number of hydrogen-bond acceptors (Lipinski definition) is 1. The first-order valence-corrected chi connectivity index (χ1v) is 17.3. The average Bonchev–Trinajstić information content (AvgIpc) is 3.84. The highest BCUT2D eigenvalue weighted by molar-refractivity contribution is 5.92. The maximum Gasteiger partial charge on any atom is 0.148 e. The van der Waals surface area contributed by atoms with Crippen LogP contribution in [-0.2, 0) is 11.2 Å². The fraction of sp³-hybridized carbons (Fsp3) is 0.395. The summed E-state index contributed by atoms with van der Waals surface area (Å²) in [6.45, 7) is 6.66. The predicted molar refractivity (Wildman–Crippen MR) is 189 cm³/mol. The smallest absolute Gasteiger partial charge is 0.148 e. The number of hydrogen-bond donors (Lipinski definition) is 1. The summed E-state index contributed by atoms with van der Waals surface area (Å²) < 4.78 is 0. The Hall–Kier alpha value is -3.87. The summed E-state index contributed by atoms with van der Waals surface area (Å²) in [5, 5.41) is 0. The summed E-state index contributed by atoms with van der Waals surface area (Å²) in [5.74, 6) is 2.41. The van der Waals surface area contributed by atoms with Gasteiger partial charge in [0.1, 0.15) is 5.78 Å². The maximum absolute atomic E-state index is 14.5. The molecule has 1 N–H and O–H groups in total. The van der Waals surface area contributed by atoms with E-state index in [1.807, 2.05) is 36.6 Å². The number of Topliss-reactive ketones (excluding diaryl/α,β-unsaturated/α-hetero) is 1. The number of nitrogens with one attached hydrogen (secondary N) is 1. The Morgan fingerprint density at radius 1 is 0.844 bits per heavy atom. The molecule has 4 aliphatic rings. The van der Waals surface area contributed by atoms with Crippen LogP contribution in [0, 0.1) is 30.6 Å². The van der Waals surface area contributed by atoms with E-state index in [0.29, 0.717) is 29.5 Å². The normalized spacial score (nSPS) is 25.1. The molecule has 1 aromatic heterocycles. The number of allylic oxidation sites excluding steroid dienone is 7. The molecule has 2 nitrogen and oxygen atoms in total. The molecular formula is C43H51NO. The van der Waals surface area contributed by atoms with E-state index in [9.17, 15) is 4.79 Å². The molecule has 2 aromatic carbocycles. The summed E-state index contributed by atoms with van der Waals surface area (Å²) in [6, 6.07) is 21.8. The molecule has 7 rings (SSSR count). The fourth-order valence-corrected chi connectivity index (χ4v) is 7.85. The van der Waals surface area contributed by atoms with Crippen molar-refractivity contribution in [2.75, 3.05) is 0 Å². The third-order valence-electron chi connectivity index (χ3n) is 10.3. The number of benzene rings is 2. The van der Waals surface area contributed by atoms with E-state index in [2.05, 4.69) is 110 Å². The second-order valence-corrected chi connectivity index (χ2v) is 13.2. The van der Waals surface area contributed by atoms with Gasteiger partial charge in [-0.3, -0.25) is 4.79 Å². The van der Waals surface area contributed by atoms with Crippen molar-refractivity contribution < 1.29 is 4.79 Å². The third kappa shape index (κ3) is 8.44. The minimum atomic E-state index is -0.147. The summed E-state index contributed by atoms with van der Waals surface area (Å²) in [4.78, 5) is 17.6. The van der Waals surface area contributed by atoms with E-state index in [1.54, 1.807) is 0 Å². The highest BCUT2D eigenvalue weighted by Gasteiger charge is 2.44. The molecule has 45 heavy (non-hydrogen) atoms. The number of carbonyl (C=O) groups excluding carboxylic acids is 1. The van der Waals surface area contributed by atoms with Crippen LogP contribution < -0.4 is 0 Å². The molecule has 1 fully saturated rings. The number of H-pyrrole nitrogens is 1. The lowest BCUT2D eigenvalue weighted by atomic mass is 9.66. The number of rotatable bonds is 5. The number of carbonyl (C=O) groups is 1. The molecule has 234 valence electrons. The predicted octanol–water partition coefficient (Wildman–Crippen LogP) is 11.0. The van der Waals surface area contributed by atoms with Crippen molar-refractivity contribution in [3.8, 4) is 0 Å². The molecule has 3 aromatic rings. The molecule has 5 atom stereocenters. The van der Waals surface area contributed by atoms with Gasteiger partial charge in [-0.05, 0) is 104 Å². The Labute approximate surface area is 271 Å². The SMILES string of the molecule is C1=CC=CC=1.CCc1ccc[nH]1.Cc1ccc(C2C(=O)C(CC3C=CC=CC3)C(C)C(C3CCCCC3)c3ccccc32)cc1. The zero-order valence-corrected chi connectivity index (χ0v) is 27.5. The first-order chi connectivity index (χ1) is 22.1. The van der Waals surface area contributed by atoms with Crippen LogP contribution in [0.4, 0.5) is 0 Å². The van der Waals surface area contributed by atoms with Crippen molar-refractivity contribution in [2.45, 2.75) is 84.0 Å². The van der Waals surface area contributed by atoms with Gasteiger partial charge in [0.05, 0.1) is 5.92 Å². The van der Waals surface area contributed by atoms with Gasteiger partial charge in [-0.1, -0.05) is 124 Å². The molecule has 0 amide bonds. The molecule has 0 aliphatic heterocycles. The zero-order valence-electron chi connectivity index (χ0n) is 27.5. The van der Waals surface area contributed by atoms with Crippen LogP contribution in [0.1, 0.15) is 98.6 Å². The van der Waals surface area contributed by atoms with Gasteiger partial charge in [-0.15, -0.1) is 5.73 Å². The second-order valence-electron chi connectivity index (χ2n) is 13.2. The summed E-state index contributed by atoms with van der Waals surface area (Å²) in [6.07, 6.45) is 28.3. The Balaban J connectivity index is 0.000000277. The van der Waals surface area contributed by atoms with E-state index in [-0.39, 0.29) is 11.8 Å². The van der Waals surface area contributed by atoms with Gasteiger partial charge >= 0.3 is 0 Å². The number of aryl methyl sites for hydroxylation is 2. The largest absolute Gasteiger partial charge is 0.365 e. The first-order valence-electron chi connectivity index (χ1n) is 17.3. The summed E-state index contributed by atoms with van der Waals surface area (Å²) in [7, 11) is 0. The second kappa shape index (κ2) is 16.4. The molecule has 0 radical (unpaired) electrons. The lowest BCUT2D eigenvalue weighted by Crippen LogP contribution is -2.32. The van der Waals surface area contributed by atoms with Crippen LogP contribution in [0.25, 0.3) is 0 Å². The molecular weight excluding hydrogens is 546 g/mol. The summed E-state index contributed by atoms with van der Waals surface area (Å²) in [5.41, 5.74) is 9.31. The molecule has 5 unspecified atom stereocenters. The van der Waals surface area contributed by atoms with E-state index in [4.69, 9.17) is 0 Å². The van der Waals surface area contributed by atoms with Crippen molar-refractivity contribution in [3.05, 3.63) is 149 Å². The van der Waals surface area contributed by atoms with Crippen molar-refractivity contribution in [1.82, 2.24) is 4.98 Å². The average molecular weight is 598 g/mol. The number of aromatic amines is 1. The van der Waals surface area contributed by atoms with Crippen LogP contribution in [0.3, 0.4) is 0 Å². The van der Waals surface area contributed by atoms with E-state index in [1.165, 1.54) is 60.1 Å². The molecule has 0 saturated heterocycles. The van der Waals surface area contributed by atoms with Crippen molar-refractivity contribution in [1.29, 1.82) is 0 Å². The van der Waals surface area contributed by atoms with Crippen molar-refractivity contribution in [3.63, 3.8) is 0 Å². The van der Waals surface area contributed by atoms with Crippen LogP contribution in [-0.4, -0.2) is 10.8 Å². The quantitative estimate of drug-likeness (QED) is 0.230. The van der Waals surface area contributed by atoms with Gasteiger partial charge in [-0.2, -0.15) is 0 Å². The molecule has 1 heterocycles. The summed E-state index contributed by atoms with van der Waals surface area (Å²) >= 11 is 0. The van der Waals surface area contributed by atoms with Crippen molar-refractivity contribution in [2.24, 2.45) is 23.7 Å². The number of ketones is 1. The van der Waals surface area contributed by atoms with E-state index >= 15 is 0 Å². The molecule has 2 heteroatoms. The van der Waals surface area contributed by atoms with Crippen LogP contribution in [0.15, 0.2) is 121 Å². The minimum Gasteiger partial charge on any atom is -0.365 e. The van der Waals surface area contributed by atoms with Gasteiger partial charge in [0.2, 0.25) is 0 Å². The Morgan fingerprint density at radius 3 is 2.16 bits per heavy atom. The highest BCUT2D eigenvalue weighted by atomic mass is 16.1. The lowest BCUT2D eigenvalue weighted by molar-refractivity contribution is -0.125. The van der Waals surface area contributed by atoms with Crippen LogP contribution in [0.5, 0.6) is 0 Å². The standard InChI is InChI=1S/C32H38O.C6H9N.C5H4/c1-22-17-19-26(20-18-22)31-28-16-10-9-15-27(28)30(25-13-7-4-8-14-25)23(2)29(32(31)33)21-24-11-5-3-6-12-24;1-2-6-4-3-5-7-6;1-2-4-5-3-1/h3,5-6,9-11,15-20,23-25,29-31H,4,7-8,12-14,21H2,1-2H3;3-5,7H,2H2,1H3;1-4H. The van der Waals surface area contributed by atoms with Gasteiger partial charge in [0.15, 0.2) is 0 Å². The Morgan fingerprint density at radius 2 is 1.58 bits per heavy atom.